The number of aryl methyl sites for hydroxylation is 1. The SMILES string of the molecule is Cn1c(=O)c(N2CCC[C@H](C(=O)NCCCN3CCCCCC3)C2)nc2cccnc21. The number of nitrogens with zero attached hydrogens (tertiary/aromatic N) is 5. The second-order valence-electron chi connectivity index (χ2n) is 8.83. The predicted octanol–water partition coefficient (Wildman–Crippen LogP) is 1.93. The van der Waals surface area contributed by atoms with Crippen LogP contribution >= 0.6 is 0 Å². The highest BCUT2D eigenvalue weighted by Crippen LogP contribution is 2.21. The summed E-state index contributed by atoms with van der Waals surface area (Å²) in [5.41, 5.74) is 1.11. The highest BCUT2D eigenvalue weighted by molar-refractivity contribution is 5.79. The van der Waals surface area contributed by atoms with Gasteiger partial charge in [-0.25, -0.2) is 9.97 Å². The number of anilines is 1. The van der Waals surface area contributed by atoms with E-state index in [4.69, 9.17) is 0 Å². The van der Waals surface area contributed by atoms with Gasteiger partial charge in [0.1, 0.15) is 5.52 Å². The van der Waals surface area contributed by atoms with Gasteiger partial charge in [0, 0.05) is 32.9 Å². The molecule has 0 aliphatic carbocycles. The van der Waals surface area contributed by atoms with Gasteiger partial charge in [-0.3, -0.25) is 14.2 Å². The van der Waals surface area contributed by atoms with Gasteiger partial charge >= 0.3 is 0 Å². The van der Waals surface area contributed by atoms with Gasteiger partial charge in [-0.15, -0.1) is 0 Å². The van der Waals surface area contributed by atoms with E-state index in [-0.39, 0.29) is 17.4 Å². The fourth-order valence-corrected chi connectivity index (χ4v) is 4.75. The van der Waals surface area contributed by atoms with Crippen LogP contribution in [0.15, 0.2) is 23.1 Å². The van der Waals surface area contributed by atoms with E-state index in [0.717, 1.165) is 32.4 Å². The van der Waals surface area contributed by atoms with Crippen LogP contribution in [-0.4, -0.2) is 64.6 Å². The third-order valence-corrected chi connectivity index (χ3v) is 6.55. The predicted molar refractivity (Wildman–Crippen MR) is 122 cm³/mol. The maximum atomic E-state index is 12.9. The van der Waals surface area contributed by atoms with Crippen LogP contribution in [0.25, 0.3) is 11.2 Å². The Hall–Kier alpha value is -2.48. The summed E-state index contributed by atoms with van der Waals surface area (Å²) >= 11 is 0. The van der Waals surface area contributed by atoms with Crippen molar-refractivity contribution in [3.05, 3.63) is 28.7 Å². The van der Waals surface area contributed by atoms with Crippen molar-refractivity contribution in [2.75, 3.05) is 44.2 Å². The summed E-state index contributed by atoms with van der Waals surface area (Å²) < 4.78 is 1.55. The molecule has 8 nitrogen and oxygen atoms in total. The molecule has 168 valence electrons. The van der Waals surface area contributed by atoms with Gasteiger partial charge in [-0.2, -0.15) is 0 Å². The van der Waals surface area contributed by atoms with Crippen molar-refractivity contribution in [2.24, 2.45) is 13.0 Å². The van der Waals surface area contributed by atoms with E-state index in [2.05, 4.69) is 20.2 Å². The molecule has 0 aromatic carbocycles. The zero-order valence-electron chi connectivity index (χ0n) is 18.6. The molecule has 0 unspecified atom stereocenters. The molecular formula is C23H34N6O2. The number of likely N-dealkylation sites (tertiary alicyclic amines) is 1. The van der Waals surface area contributed by atoms with E-state index in [1.54, 1.807) is 17.8 Å². The number of rotatable bonds is 6. The molecule has 2 aliphatic heterocycles. The number of aromatic nitrogens is 3. The largest absolute Gasteiger partial charge is 0.356 e. The number of nitrogens with one attached hydrogen (secondary N) is 1. The maximum Gasteiger partial charge on any atom is 0.294 e. The molecule has 2 fully saturated rings. The van der Waals surface area contributed by atoms with E-state index >= 15 is 0 Å². The molecule has 2 saturated heterocycles. The van der Waals surface area contributed by atoms with E-state index in [1.165, 1.54) is 38.8 Å². The zero-order valence-corrected chi connectivity index (χ0v) is 18.6. The number of hydrogen-bond acceptors (Lipinski definition) is 6. The number of fused-ring (bicyclic) bond motifs is 1. The van der Waals surface area contributed by atoms with E-state index in [0.29, 0.717) is 30.1 Å². The van der Waals surface area contributed by atoms with Gasteiger partial charge in [0.2, 0.25) is 5.91 Å². The lowest BCUT2D eigenvalue weighted by atomic mass is 9.97. The van der Waals surface area contributed by atoms with Crippen LogP contribution in [0.4, 0.5) is 5.82 Å². The summed E-state index contributed by atoms with van der Waals surface area (Å²) in [5, 5.41) is 3.13. The van der Waals surface area contributed by atoms with Crippen LogP contribution in [0.1, 0.15) is 44.9 Å². The average molecular weight is 427 g/mol. The molecule has 2 aromatic heterocycles. The van der Waals surface area contributed by atoms with Crippen molar-refractivity contribution in [1.82, 2.24) is 24.8 Å². The first-order valence-electron chi connectivity index (χ1n) is 11.7. The van der Waals surface area contributed by atoms with Gasteiger partial charge in [-0.05, 0) is 63.9 Å². The highest BCUT2D eigenvalue weighted by atomic mass is 16.2. The Kier molecular flexibility index (Phi) is 7.17. The summed E-state index contributed by atoms with van der Waals surface area (Å²) in [7, 11) is 1.72. The molecule has 4 rings (SSSR count). The lowest BCUT2D eigenvalue weighted by Gasteiger charge is -2.32. The summed E-state index contributed by atoms with van der Waals surface area (Å²) in [5.74, 6) is 0.407. The number of carbonyl (C=O) groups is 1. The fourth-order valence-electron chi connectivity index (χ4n) is 4.75. The van der Waals surface area contributed by atoms with Crippen LogP contribution in [0, 0.1) is 5.92 Å². The first-order valence-corrected chi connectivity index (χ1v) is 11.7. The minimum absolute atomic E-state index is 0.0971. The van der Waals surface area contributed by atoms with Crippen LogP contribution in [-0.2, 0) is 11.8 Å². The van der Waals surface area contributed by atoms with Crippen molar-refractivity contribution < 1.29 is 4.79 Å². The molecule has 2 aromatic rings. The quantitative estimate of drug-likeness (QED) is 0.711. The monoisotopic (exact) mass is 426 g/mol. The van der Waals surface area contributed by atoms with Crippen LogP contribution in [0.2, 0.25) is 0 Å². The first kappa shape index (κ1) is 21.7. The molecule has 1 atom stereocenters. The maximum absolute atomic E-state index is 12.9. The molecular weight excluding hydrogens is 392 g/mol. The van der Waals surface area contributed by atoms with E-state index < -0.39 is 0 Å². The van der Waals surface area contributed by atoms with Crippen LogP contribution in [0.3, 0.4) is 0 Å². The summed E-state index contributed by atoms with van der Waals surface area (Å²) in [6.45, 7) is 5.43. The fraction of sp³-hybridized carbons (Fsp3) is 0.652. The lowest BCUT2D eigenvalue weighted by Crippen LogP contribution is -2.46. The molecule has 4 heterocycles. The molecule has 0 radical (unpaired) electrons. The van der Waals surface area contributed by atoms with Crippen molar-refractivity contribution in [2.45, 2.75) is 44.9 Å². The number of carbonyl (C=O) groups excluding carboxylic acids is 1. The number of amides is 1. The second kappa shape index (κ2) is 10.2. The van der Waals surface area contributed by atoms with Gasteiger partial charge in [0.25, 0.3) is 5.56 Å². The van der Waals surface area contributed by atoms with Crippen molar-refractivity contribution in [3.63, 3.8) is 0 Å². The molecule has 1 amide bonds. The van der Waals surface area contributed by atoms with E-state index in [9.17, 15) is 9.59 Å². The Morgan fingerprint density at radius 3 is 2.77 bits per heavy atom. The third-order valence-electron chi connectivity index (χ3n) is 6.55. The zero-order chi connectivity index (χ0) is 21.6. The van der Waals surface area contributed by atoms with Crippen LogP contribution in [0.5, 0.6) is 0 Å². The Morgan fingerprint density at radius 2 is 1.97 bits per heavy atom. The van der Waals surface area contributed by atoms with Gasteiger partial charge in [0.05, 0.1) is 5.92 Å². The Bertz CT molecular complexity index is 951. The summed E-state index contributed by atoms with van der Waals surface area (Å²) in [4.78, 5) is 39.0. The third kappa shape index (κ3) is 5.23. The van der Waals surface area contributed by atoms with Crippen LogP contribution < -0.4 is 15.8 Å². The van der Waals surface area contributed by atoms with Gasteiger partial charge in [0.15, 0.2) is 11.5 Å². The van der Waals surface area contributed by atoms with Gasteiger partial charge < -0.3 is 15.1 Å². The normalized spacial score (nSPS) is 20.5. The smallest absolute Gasteiger partial charge is 0.294 e. The lowest BCUT2D eigenvalue weighted by molar-refractivity contribution is -0.125. The Labute approximate surface area is 183 Å². The minimum atomic E-state index is -0.162. The molecule has 0 spiro atoms. The Balaban J connectivity index is 1.33. The number of piperidine rings is 1. The highest BCUT2D eigenvalue weighted by Gasteiger charge is 2.28. The summed E-state index contributed by atoms with van der Waals surface area (Å²) in [6, 6.07) is 3.69. The van der Waals surface area contributed by atoms with Crippen molar-refractivity contribution >= 4 is 22.9 Å². The average Bonchev–Trinajstić information content (AvgIpc) is 3.08. The summed E-state index contributed by atoms with van der Waals surface area (Å²) in [6.07, 6.45) is 9.66. The Morgan fingerprint density at radius 1 is 1.16 bits per heavy atom. The van der Waals surface area contributed by atoms with E-state index in [1.807, 2.05) is 17.0 Å². The molecule has 2 aliphatic rings. The van der Waals surface area contributed by atoms with Gasteiger partial charge in [-0.1, -0.05) is 12.8 Å². The topological polar surface area (TPSA) is 83.4 Å². The molecule has 0 saturated carbocycles. The molecule has 31 heavy (non-hydrogen) atoms. The molecule has 0 bridgehead atoms. The first-order chi connectivity index (χ1) is 15.1. The second-order valence-corrected chi connectivity index (χ2v) is 8.83. The number of pyridine rings is 1. The van der Waals surface area contributed by atoms with Crippen molar-refractivity contribution in [3.8, 4) is 0 Å². The molecule has 8 heteroatoms. The van der Waals surface area contributed by atoms with Crippen molar-refractivity contribution in [1.29, 1.82) is 0 Å². The number of hydrogen-bond donors (Lipinski definition) is 1. The standard InChI is InChI=1S/C23H34N6O2/c1-27-20-19(10-6-11-24-20)26-21(23(27)31)29-16-7-9-18(17-29)22(30)25-12-8-15-28-13-4-2-3-5-14-28/h6,10-11,18H,2-5,7-9,12-17H2,1H3,(H,25,30)/t18-/m0/s1. The minimum Gasteiger partial charge on any atom is -0.356 e. The molecule has 1 N–H and O–H groups in total.